The summed E-state index contributed by atoms with van der Waals surface area (Å²) < 4.78 is 17.4. The van der Waals surface area contributed by atoms with Crippen molar-refractivity contribution in [3.63, 3.8) is 0 Å². The summed E-state index contributed by atoms with van der Waals surface area (Å²) in [6.07, 6.45) is 3.34. The summed E-state index contributed by atoms with van der Waals surface area (Å²) in [6.45, 7) is 6.66. The molecule has 0 saturated heterocycles. The summed E-state index contributed by atoms with van der Waals surface area (Å²) in [7, 11) is 1.65. The molecule has 1 N–H and O–H groups in total. The fraction of sp³-hybridized carbons (Fsp3) is 0.207. The van der Waals surface area contributed by atoms with E-state index >= 15 is 0 Å². The lowest BCUT2D eigenvalue weighted by Gasteiger charge is -2.15. The quantitative estimate of drug-likeness (QED) is 0.266. The van der Waals surface area contributed by atoms with E-state index in [1.54, 1.807) is 25.5 Å². The highest BCUT2D eigenvalue weighted by atomic mass is 35.5. The second kappa shape index (κ2) is 10.7. The molecule has 0 aliphatic carbocycles. The van der Waals surface area contributed by atoms with E-state index < -0.39 is 0 Å². The maximum Gasteiger partial charge on any atom is 0.244 e. The molecule has 1 amide bonds. The zero-order valence-corrected chi connectivity index (χ0v) is 21.0. The molecule has 0 aliphatic rings. The summed E-state index contributed by atoms with van der Waals surface area (Å²) in [5.41, 5.74) is 6.06. The Labute approximate surface area is 210 Å². The second-order valence-corrected chi connectivity index (χ2v) is 8.61. The first-order valence-electron chi connectivity index (χ1n) is 11.4. The zero-order valence-electron chi connectivity index (χ0n) is 20.3. The van der Waals surface area contributed by atoms with Crippen LogP contribution in [0.25, 0.3) is 27.7 Å². The molecule has 0 unspecified atom stereocenters. The minimum absolute atomic E-state index is 0.206. The van der Waals surface area contributed by atoms with Crippen molar-refractivity contribution in [1.82, 2.24) is 5.32 Å². The molecule has 1 heterocycles. The zero-order chi connectivity index (χ0) is 24.9. The summed E-state index contributed by atoms with van der Waals surface area (Å²) in [5.74, 6) is 1.27. The number of nitrogens with one attached hydrogen (secondary N) is 1. The van der Waals surface area contributed by atoms with E-state index in [-0.39, 0.29) is 5.91 Å². The van der Waals surface area contributed by atoms with E-state index in [0.29, 0.717) is 23.9 Å². The van der Waals surface area contributed by atoms with Crippen molar-refractivity contribution in [2.45, 2.75) is 27.3 Å². The highest BCUT2D eigenvalue weighted by Crippen LogP contribution is 2.41. The van der Waals surface area contributed by atoms with E-state index in [9.17, 15) is 4.79 Å². The third kappa shape index (κ3) is 5.20. The number of hydrogen-bond donors (Lipinski definition) is 1. The highest BCUT2D eigenvalue weighted by Gasteiger charge is 2.19. The van der Waals surface area contributed by atoms with Gasteiger partial charge in [0, 0.05) is 39.7 Å². The molecule has 1 aromatic heterocycles. The fourth-order valence-electron chi connectivity index (χ4n) is 4.10. The number of methoxy groups -OCH3 is 1. The van der Waals surface area contributed by atoms with Gasteiger partial charge in [0.15, 0.2) is 0 Å². The number of halogens is 1. The van der Waals surface area contributed by atoms with Gasteiger partial charge in [0.2, 0.25) is 5.91 Å². The number of benzene rings is 3. The normalized spacial score (nSPS) is 11.5. The van der Waals surface area contributed by atoms with Gasteiger partial charge in [-0.05, 0) is 61.7 Å². The number of rotatable bonds is 8. The van der Waals surface area contributed by atoms with Gasteiger partial charge in [-0.2, -0.15) is 0 Å². The lowest BCUT2D eigenvalue weighted by molar-refractivity contribution is -0.116. The number of hydrogen-bond acceptors (Lipinski definition) is 4. The van der Waals surface area contributed by atoms with Crippen molar-refractivity contribution in [1.29, 1.82) is 0 Å². The van der Waals surface area contributed by atoms with Crippen LogP contribution in [0.1, 0.15) is 30.5 Å². The van der Waals surface area contributed by atoms with E-state index in [4.69, 9.17) is 25.5 Å². The predicted octanol–water partition coefficient (Wildman–Crippen LogP) is 7.19. The van der Waals surface area contributed by atoms with Crippen LogP contribution >= 0.6 is 11.6 Å². The largest absolute Gasteiger partial charge is 0.497 e. The van der Waals surface area contributed by atoms with E-state index in [1.165, 1.54) is 0 Å². The van der Waals surface area contributed by atoms with Gasteiger partial charge in [0.1, 0.15) is 17.1 Å². The third-order valence-electron chi connectivity index (χ3n) is 5.90. The molecule has 0 atom stereocenters. The van der Waals surface area contributed by atoms with Gasteiger partial charge in [0.05, 0.1) is 20.0 Å². The molecule has 0 radical (unpaired) electrons. The Morgan fingerprint density at radius 2 is 1.94 bits per heavy atom. The molecule has 0 bridgehead atoms. The second-order valence-electron chi connectivity index (χ2n) is 8.21. The summed E-state index contributed by atoms with van der Waals surface area (Å²) in [6, 6.07) is 17.3. The Hall–Kier alpha value is -3.70. The summed E-state index contributed by atoms with van der Waals surface area (Å²) in [4.78, 5) is 12.7. The standard InChI is InChI=1S/C29H28ClNO4/c1-5-34-28-19(3)29-24(25(17-35-29)20-10-8-11-22(14-20)33-4)15-23(28)18(2)13-27(32)31-16-21-9-6-7-12-26(21)30/h6-15,17H,5,16H2,1-4H3,(H,31,32)/b18-13+. The molecule has 0 aliphatic heterocycles. The molecule has 180 valence electrons. The highest BCUT2D eigenvalue weighted by molar-refractivity contribution is 6.31. The minimum atomic E-state index is -0.206. The third-order valence-corrected chi connectivity index (χ3v) is 6.27. The van der Waals surface area contributed by atoms with Crippen LogP contribution in [0.5, 0.6) is 11.5 Å². The molecule has 0 spiro atoms. The Kier molecular flexibility index (Phi) is 7.47. The van der Waals surface area contributed by atoms with Gasteiger partial charge >= 0.3 is 0 Å². The topological polar surface area (TPSA) is 60.7 Å². The van der Waals surface area contributed by atoms with Crippen molar-refractivity contribution in [2.24, 2.45) is 0 Å². The molecular formula is C29H28ClNO4. The van der Waals surface area contributed by atoms with Gasteiger partial charge in [-0.3, -0.25) is 4.79 Å². The lowest BCUT2D eigenvalue weighted by atomic mass is 9.96. The Balaban J connectivity index is 1.72. The van der Waals surface area contributed by atoms with Crippen LogP contribution in [0.4, 0.5) is 0 Å². The van der Waals surface area contributed by atoms with Gasteiger partial charge in [-0.1, -0.05) is 41.9 Å². The van der Waals surface area contributed by atoms with Crippen LogP contribution in [0, 0.1) is 6.92 Å². The molecule has 6 heteroatoms. The van der Waals surface area contributed by atoms with Crippen LogP contribution < -0.4 is 14.8 Å². The van der Waals surface area contributed by atoms with Gasteiger partial charge in [-0.15, -0.1) is 0 Å². The first-order valence-corrected chi connectivity index (χ1v) is 11.8. The summed E-state index contributed by atoms with van der Waals surface area (Å²) in [5, 5.41) is 4.48. The number of aryl methyl sites for hydroxylation is 1. The van der Waals surface area contributed by atoms with Crippen molar-refractivity contribution in [3.05, 3.63) is 88.6 Å². The lowest BCUT2D eigenvalue weighted by Crippen LogP contribution is -2.20. The van der Waals surface area contributed by atoms with Gasteiger partial charge in [-0.25, -0.2) is 0 Å². The number of furan rings is 1. The molecule has 3 aromatic carbocycles. The Morgan fingerprint density at radius 3 is 2.69 bits per heavy atom. The number of carbonyl (C=O) groups excluding carboxylic acids is 1. The van der Waals surface area contributed by atoms with E-state index in [2.05, 4.69) is 5.32 Å². The van der Waals surface area contributed by atoms with E-state index in [0.717, 1.165) is 50.1 Å². The minimum Gasteiger partial charge on any atom is -0.497 e. The molecule has 0 saturated carbocycles. The van der Waals surface area contributed by atoms with Crippen LogP contribution in [-0.4, -0.2) is 19.6 Å². The van der Waals surface area contributed by atoms with Gasteiger partial charge < -0.3 is 19.2 Å². The number of fused-ring (bicyclic) bond motifs is 1. The van der Waals surface area contributed by atoms with Crippen molar-refractivity contribution >= 4 is 34.1 Å². The molecule has 35 heavy (non-hydrogen) atoms. The Morgan fingerprint density at radius 1 is 1.14 bits per heavy atom. The maximum atomic E-state index is 12.7. The number of ether oxygens (including phenoxy) is 2. The smallest absolute Gasteiger partial charge is 0.244 e. The van der Waals surface area contributed by atoms with Crippen LogP contribution in [0.15, 0.2) is 71.4 Å². The maximum absolute atomic E-state index is 12.7. The fourth-order valence-corrected chi connectivity index (χ4v) is 4.31. The number of carbonyl (C=O) groups is 1. The molecular weight excluding hydrogens is 462 g/mol. The van der Waals surface area contributed by atoms with Crippen molar-refractivity contribution in [3.8, 4) is 22.6 Å². The SMILES string of the molecule is CCOc1c(/C(C)=C/C(=O)NCc2ccccc2Cl)cc2c(-c3cccc(OC)c3)coc2c1C. The van der Waals surface area contributed by atoms with Gasteiger partial charge in [0.25, 0.3) is 0 Å². The first kappa shape index (κ1) is 24.4. The number of amides is 1. The monoisotopic (exact) mass is 489 g/mol. The molecule has 5 nitrogen and oxygen atoms in total. The Bertz CT molecular complexity index is 1400. The van der Waals surface area contributed by atoms with Crippen molar-refractivity contribution < 1.29 is 18.7 Å². The first-order chi connectivity index (χ1) is 16.9. The van der Waals surface area contributed by atoms with Crippen LogP contribution in [0.2, 0.25) is 5.02 Å². The number of allylic oxidation sites excluding steroid dienone is 1. The van der Waals surface area contributed by atoms with Crippen LogP contribution in [0.3, 0.4) is 0 Å². The van der Waals surface area contributed by atoms with Crippen molar-refractivity contribution in [2.75, 3.05) is 13.7 Å². The average Bonchev–Trinajstić information content (AvgIpc) is 3.29. The molecule has 4 aromatic rings. The molecule has 0 fully saturated rings. The predicted molar refractivity (Wildman–Crippen MR) is 141 cm³/mol. The summed E-state index contributed by atoms with van der Waals surface area (Å²) >= 11 is 6.21. The van der Waals surface area contributed by atoms with E-state index in [1.807, 2.05) is 69.3 Å². The van der Waals surface area contributed by atoms with Crippen LogP contribution in [-0.2, 0) is 11.3 Å². The molecule has 4 rings (SSSR count). The average molecular weight is 490 g/mol.